The molecule has 5 nitrogen and oxygen atoms in total. The molecule has 0 bridgehead atoms. The van der Waals surface area contributed by atoms with Crippen molar-refractivity contribution in [3.8, 4) is 11.4 Å². The first-order valence-corrected chi connectivity index (χ1v) is 10.8. The van der Waals surface area contributed by atoms with Crippen LogP contribution in [-0.2, 0) is 6.54 Å². The highest BCUT2D eigenvalue weighted by Crippen LogP contribution is 2.27. The largest absolute Gasteiger partial charge is 0.306 e. The first-order chi connectivity index (χ1) is 13.7. The molecule has 1 N–H and O–H groups in total. The van der Waals surface area contributed by atoms with Crippen molar-refractivity contribution in [1.29, 1.82) is 0 Å². The maximum absolute atomic E-state index is 12.2. The lowest BCUT2D eigenvalue weighted by atomic mass is 9.94. The normalized spacial score (nSPS) is 17.5. The van der Waals surface area contributed by atoms with Gasteiger partial charge in [0.25, 0.3) is 5.56 Å². The Hall–Kier alpha value is -2.44. The third kappa shape index (κ3) is 4.51. The second kappa shape index (κ2) is 8.71. The molecule has 6 heteroatoms. The molecule has 1 aromatic carbocycles. The topological polar surface area (TPSA) is 61.9 Å². The number of nitrogens with zero attached hydrogens (tertiary/aromatic N) is 3. The summed E-state index contributed by atoms with van der Waals surface area (Å²) in [6.07, 6.45) is 7.72. The predicted octanol–water partition coefficient (Wildman–Crippen LogP) is 3.93. The second-order valence-electron chi connectivity index (χ2n) is 7.18. The first kappa shape index (κ1) is 18.9. The zero-order valence-corrected chi connectivity index (χ0v) is 16.8. The highest BCUT2D eigenvalue weighted by molar-refractivity contribution is 7.98. The second-order valence-corrected chi connectivity index (χ2v) is 8.06. The van der Waals surface area contributed by atoms with Crippen molar-refractivity contribution < 1.29 is 0 Å². The van der Waals surface area contributed by atoms with Crippen LogP contribution in [0.3, 0.4) is 0 Å². The third-order valence-electron chi connectivity index (χ3n) is 5.19. The Morgan fingerprint density at radius 1 is 1.25 bits per heavy atom. The van der Waals surface area contributed by atoms with Gasteiger partial charge in [-0.1, -0.05) is 12.1 Å². The van der Waals surface area contributed by atoms with E-state index in [1.165, 1.54) is 10.5 Å². The fourth-order valence-corrected chi connectivity index (χ4v) is 4.16. The molecular weight excluding hydrogens is 368 g/mol. The lowest BCUT2D eigenvalue weighted by Crippen LogP contribution is -2.34. The molecule has 0 aliphatic carbocycles. The lowest BCUT2D eigenvalue weighted by molar-refractivity contribution is 0.198. The molecule has 3 heterocycles. The molecule has 0 saturated carbocycles. The van der Waals surface area contributed by atoms with Crippen LogP contribution in [0, 0.1) is 0 Å². The molecule has 1 aliphatic heterocycles. The van der Waals surface area contributed by atoms with Crippen LogP contribution in [-0.4, -0.2) is 39.2 Å². The number of rotatable bonds is 5. The number of aromatic amines is 1. The van der Waals surface area contributed by atoms with Gasteiger partial charge in [0.2, 0.25) is 0 Å². The van der Waals surface area contributed by atoms with Gasteiger partial charge >= 0.3 is 0 Å². The van der Waals surface area contributed by atoms with Crippen LogP contribution >= 0.6 is 11.8 Å². The van der Waals surface area contributed by atoms with E-state index >= 15 is 0 Å². The van der Waals surface area contributed by atoms with Crippen molar-refractivity contribution in [3.63, 3.8) is 0 Å². The molecule has 4 rings (SSSR count). The highest BCUT2D eigenvalue weighted by Gasteiger charge is 2.23. The number of H-pyrrole nitrogens is 1. The van der Waals surface area contributed by atoms with E-state index < -0.39 is 0 Å². The number of thioether (sulfide) groups is 1. The molecule has 1 unspecified atom stereocenters. The van der Waals surface area contributed by atoms with Gasteiger partial charge in [-0.25, -0.2) is 4.98 Å². The van der Waals surface area contributed by atoms with E-state index in [0.717, 1.165) is 43.7 Å². The van der Waals surface area contributed by atoms with Gasteiger partial charge in [0.05, 0.1) is 5.69 Å². The van der Waals surface area contributed by atoms with Crippen molar-refractivity contribution >= 4 is 11.8 Å². The van der Waals surface area contributed by atoms with E-state index in [0.29, 0.717) is 5.82 Å². The van der Waals surface area contributed by atoms with Gasteiger partial charge in [-0.15, -0.1) is 11.8 Å². The van der Waals surface area contributed by atoms with Crippen molar-refractivity contribution in [2.75, 3.05) is 19.3 Å². The molecule has 3 aromatic rings. The molecule has 144 valence electrons. The van der Waals surface area contributed by atoms with Gasteiger partial charge in [0, 0.05) is 47.9 Å². The number of likely N-dealkylation sites (tertiary alicyclic amines) is 1. The Balaban J connectivity index is 1.51. The number of pyridine rings is 1. The summed E-state index contributed by atoms with van der Waals surface area (Å²) in [5.74, 6) is 0.873. The molecule has 1 fully saturated rings. The maximum Gasteiger partial charge on any atom is 0.251 e. The van der Waals surface area contributed by atoms with E-state index in [1.807, 2.05) is 12.1 Å². The van der Waals surface area contributed by atoms with Crippen LogP contribution in [0.1, 0.15) is 30.0 Å². The van der Waals surface area contributed by atoms with Crippen molar-refractivity contribution in [3.05, 3.63) is 76.5 Å². The zero-order valence-electron chi connectivity index (χ0n) is 16.0. The summed E-state index contributed by atoms with van der Waals surface area (Å²) in [6, 6.07) is 14.2. The number of benzene rings is 1. The Morgan fingerprint density at radius 3 is 2.86 bits per heavy atom. The molecular formula is C22H24N4OS. The van der Waals surface area contributed by atoms with Crippen molar-refractivity contribution in [1.82, 2.24) is 19.9 Å². The van der Waals surface area contributed by atoms with Crippen molar-refractivity contribution in [2.45, 2.75) is 30.2 Å². The van der Waals surface area contributed by atoms with Gasteiger partial charge in [0.1, 0.15) is 5.82 Å². The quantitative estimate of drug-likeness (QED) is 0.667. The van der Waals surface area contributed by atoms with Gasteiger partial charge in [-0.2, -0.15) is 0 Å². The Kier molecular flexibility index (Phi) is 5.88. The third-order valence-corrected chi connectivity index (χ3v) is 5.93. The van der Waals surface area contributed by atoms with Gasteiger partial charge < -0.3 is 4.98 Å². The summed E-state index contributed by atoms with van der Waals surface area (Å²) in [6.45, 7) is 2.94. The van der Waals surface area contributed by atoms with Gasteiger partial charge in [0.15, 0.2) is 0 Å². The van der Waals surface area contributed by atoms with E-state index in [1.54, 1.807) is 30.2 Å². The Bertz CT molecular complexity index is 972. The average Bonchev–Trinajstić information content (AvgIpc) is 2.75. The zero-order chi connectivity index (χ0) is 19.3. The summed E-state index contributed by atoms with van der Waals surface area (Å²) in [5, 5.41) is 0. The number of hydrogen-bond acceptors (Lipinski definition) is 5. The van der Waals surface area contributed by atoms with Gasteiger partial charge in [-0.3, -0.25) is 14.7 Å². The number of nitrogens with one attached hydrogen (secondary N) is 1. The fraction of sp³-hybridized carbons (Fsp3) is 0.318. The van der Waals surface area contributed by atoms with Crippen molar-refractivity contribution in [2.24, 2.45) is 0 Å². The minimum atomic E-state index is -0.103. The number of hydrogen-bond donors (Lipinski definition) is 1. The fourth-order valence-electron chi connectivity index (χ4n) is 3.75. The molecule has 0 amide bonds. The average molecular weight is 393 g/mol. The van der Waals surface area contributed by atoms with Crippen LogP contribution in [0.5, 0.6) is 0 Å². The molecule has 1 saturated heterocycles. The van der Waals surface area contributed by atoms with Crippen LogP contribution in [0.25, 0.3) is 11.4 Å². The molecule has 2 aromatic heterocycles. The van der Waals surface area contributed by atoms with E-state index in [-0.39, 0.29) is 11.5 Å². The number of aromatic nitrogens is 3. The summed E-state index contributed by atoms with van der Waals surface area (Å²) >= 11 is 1.76. The summed E-state index contributed by atoms with van der Waals surface area (Å²) in [5.41, 5.74) is 2.94. The molecule has 0 radical (unpaired) electrons. The molecule has 1 atom stereocenters. The van der Waals surface area contributed by atoms with E-state index in [2.05, 4.69) is 45.4 Å². The predicted molar refractivity (Wildman–Crippen MR) is 114 cm³/mol. The van der Waals surface area contributed by atoms with E-state index in [9.17, 15) is 4.79 Å². The summed E-state index contributed by atoms with van der Waals surface area (Å²) in [7, 11) is 0. The van der Waals surface area contributed by atoms with E-state index in [4.69, 9.17) is 4.98 Å². The SMILES string of the molecule is CSc1ccc(CN2CCCC(c3cc(=O)[nH]c(-c4cccnc4)n3)C2)cc1. The molecule has 1 aliphatic rings. The Labute approximate surface area is 169 Å². The van der Waals surface area contributed by atoms with Crippen LogP contribution < -0.4 is 5.56 Å². The summed E-state index contributed by atoms with van der Waals surface area (Å²) in [4.78, 5) is 27.7. The molecule has 28 heavy (non-hydrogen) atoms. The van der Waals surface area contributed by atoms with Crippen LogP contribution in [0.15, 0.2) is 64.5 Å². The van der Waals surface area contributed by atoms with Gasteiger partial charge in [-0.05, 0) is 55.5 Å². The Morgan fingerprint density at radius 2 is 2.11 bits per heavy atom. The molecule has 0 spiro atoms. The maximum atomic E-state index is 12.2. The monoisotopic (exact) mass is 392 g/mol. The van der Waals surface area contributed by atoms with Crippen LogP contribution in [0.2, 0.25) is 0 Å². The smallest absolute Gasteiger partial charge is 0.251 e. The highest BCUT2D eigenvalue weighted by atomic mass is 32.2. The minimum Gasteiger partial charge on any atom is -0.306 e. The minimum absolute atomic E-state index is 0.103. The standard InChI is InChI=1S/C22H24N4OS/c1-28-19-8-6-16(7-9-19)14-26-11-3-5-18(15-26)20-12-21(27)25-22(24-20)17-4-2-10-23-13-17/h2,4,6-10,12-13,18H,3,5,11,14-15H2,1H3,(H,24,25,27). The van der Waals surface area contributed by atoms with Crippen LogP contribution in [0.4, 0.5) is 0 Å². The first-order valence-electron chi connectivity index (χ1n) is 9.58. The lowest BCUT2D eigenvalue weighted by Gasteiger charge is -2.32. The summed E-state index contributed by atoms with van der Waals surface area (Å²) < 4.78 is 0. The number of piperidine rings is 1.